The number of aliphatic hydroxyl groups is 1. The zero-order valence-electron chi connectivity index (χ0n) is 16.9. The van der Waals surface area contributed by atoms with Gasteiger partial charge in [0.2, 0.25) is 5.91 Å². The maximum atomic E-state index is 14.3. The molecule has 0 unspecified atom stereocenters. The predicted molar refractivity (Wildman–Crippen MR) is 108 cm³/mol. The van der Waals surface area contributed by atoms with E-state index in [2.05, 4.69) is 0 Å². The van der Waals surface area contributed by atoms with E-state index in [1.165, 1.54) is 6.07 Å². The first-order chi connectivity index (χ1) is 14.0. The molecule has 1 amide bonds. The number of hydrogen-bond acceptors (Lipinski definition) is 4. The first kappa shape index (κ1) is 21.1. The molecule has 6 heteroatoms. The predicted octanol–water partition coefficient (Wildman–Crippen LogP) is 3.92. The van der Waals surface area contributed by atoms with Gasteiger partial charge in [0.05, 0.1) is 20.3 Å². The number of rotatable bonds is 7. The smallest absolute Gasteiger partial charge is 0.226 e. The summed E-state index contributed by atoms with van der Waals surface area (Å²) >= 11 is 0. The molecule has 2 aromatic rings. The minimum absolute atomic E-state index is 0.0723. The van der Waals surface area contributed by atoms with Gasteiger partial charge >= 0.3 is 0 Å². The van der Waals surface area contributed by atoms with Crippen LogP contribution in [-0.2, 0) is 17.9 Å². The number of nitrogens with zero attached hydrogens (tertiary/aromatic N) is 1. The number of para-hydroxylation sites is 1. The molecule has 0 radical (unpaired) electrons. The van der Waals surface area contributed by atoms with Crippen molar-refractivity contribution in [1.29, 1.82) is 0 Å². The van der Waals surface area contributed by atoms with Crippen molar-refractivity contribution in [3.05, 3.63) is 59.4 Å². The number of carbonyl (C=O) groups excluding carboxylic acids is 1. The minimum atomic E-state index is -0.459. The van der Waals surface area contributed by atoms with Gasteiger partial charge in [-0.1, -0.05) is 36.8 Å². The average Bonchev–Trinajstić information content (AvgIpc) is 2.74. The van der Waals surface area contributed by atoms with Crippen molar-refractivity contribution in [3.63, 3.8) is 0 Å². The van der Waals surface area contributed by atoms with Crippen LogP contribution in [0.1, 0.15) is 36.8 Å². The number of aliphatic hydroxyl groups excluding tert-OH is 1. The van der Waals surface area contributed by atoms with Crippen LogP contribution in [0.4, 0.5) is 4.39 Å². The van der Waals surface area contributed by atoms with Gasteiger partial charge in [0.1, 0.15) is 5.82 Å². The number of ether oxygens (including phenoxy) is 2. The van der Waals surface area contributed by atoms with Crippen molar-refractivity contribution in [2.45, 2.75) is 44.9 Å². The van der Waals surface area contributed by atoms with Crippen molar-refractivity contribution in [3.8, 4) is 11.5 Å². The van der Waals surface area contributed by atoms with Gasteiger partial charge in [-0.15, -0.1) is 0 Å². The Bertz CT molecular complexity index is 841. The Morgan fingerprint density at radius 3 is 2.48 bits per heavy atom. The molecule has 0 saturated heterocycles. The van der Waals surface area contributed by atoms with Crippen LogP contribution in [0.25, 0.3) is 0 Å². The number of amides is 1. The average molecular weight is 401 g/mol. The summed E-state index contributed by atoms with van der Waals surface area (Å²) in [5.74, 6) is 0.465. The van der Waals surface area contributed by atoms with Crippen LogP contribution in [0.2, 0.25) is 0 Å². The number of methoxy groups -OCH3 is 2. The molecule has 1 aliphatic rings. The van der Waals surface area contributed by atoms with Gasteiger partial charge in [0.15, 0.2) is 11.5 Å². The van der Waals surface area contributed by atoms with Crippen molar-refractivity contribution in [2.75, 3.05) is 14.2 Å². The lowest BCUT2D eigenvalue weighted by Crippen LogP contribution is -2.38. The minimum Gasteiger partial charge on any atom is -0.493 e. The second-order valence-corrected chi connectivity index (χ2v) is 7.46. The molecule has 5 nitrogen and oxygen atoms in total. The highest BCUT2D eigenvalue weighted by Gasteiger charge is 2.30. The van der Waals surface area contributed by atoms with E-state index in [1.807, 2.05) is 12.1 Å². The van der Waals surface area contributed by atoms with Gasteiger partial charge in [-0.05, 0) is 31.4 Å². The largest absolute Gasteiger partial charge is 0.493 e. The van der Waals surface area contributed by atoms with E-state index < -0.39 is 6.10 Å². The van der Waals surface area contributed by atoms with Gasteiger partial charge in [0.25, 0.3) is 0 Å². The molecule has 2 atom stereocenters. The van der Waals surface area contributed by atoms with E-state index in [-0.39, 0.29) is 30.7 Å². The molecule has 1 aliphatic carbocycles. The molecular weight excluding hydrogens is 373 g/mol. The van der Waals surface area contributed by atoms with E-state index in [9.17, 15) is 14.3 Å². The third-order valence-electron chi connectivity index (χ3n) is 5.47. The molecule has 0 spiro atoms. The molecule has 156 valence electrons. The summed E-state index contributed by atoms with van der Waals surface area (Å²) in [6.45, 7) is 0.415. The molecule has 1 N–H and O–H groups in total. The number of hydrogen-bond donors (Lipinski definition) is 1. The highest BCUT2D eigenvalue weighted by atomic mass is 19.1. The third-order valence-corrected chi connectivity index (χ3v) is 5.47. The summed E-state index contributed by atoms with van der Waals surface area (Å²) in [6.07, 6.45) is 2.26. The lowest BCUT2D eigenvalue weighted by atomic mass is 9.86. The van der Waals surface area contributed by atoms with Crippen LogP contribution < -0.4 is 9.47 Å². The van der Waals surface area contributed by atoms with E-state index in [0.29, 0.717) is 23.5 Å². The van der Waals surface area contributed by atoms with Crippen molar-refractivity contribution in [1.82, 2.24) is 4.90 Å². The Balaban J connectivity index is 1.90. The lowest BCUT2D eigenvalue weighted by Gasteiger charge is -2.31. The fraction of sp³-hybridized carbons (Fsp3) is 0.435. The fourth-order valence-electron chi connectivity index (χ4n) is 3.97. The van der Waals surface area contributed by atoms with Crippen molar-refractivity contribution in [2.24, 2.45) is 5.92 Å². The fourth-order valence-corrected chi connectivity index (χ4v) is 3.97. The standard InChI is InChI=1S/C23H28FNO4/c1-28-21-12-6-9-18(22(21)29-2)15-25(14-17-7-3-4-11-20(17)24)23(27)16-8-5-10-19(26)13-16/h3-4,6-7,9,11-12,16,19,26H,5,8,10,13-15H2,1-2H3/t16-,19-/m1/s1. The first-order valence-corrected chi connectivity index (χ1v) is 9.93. The van der Waals surface area contributed by atoms with Crippen molar-refractivity contribution < 1.29 is 23.8 Å². The van der Waals surface area contributed by atoms with Crippen LogP contribution in [0, 0.1) is 11.7 Å². The number of halogens is 1. The van der Waals surface area contributed by atoms with Gasteiger partial charge in [-0.3, -0.25) is 4.79 Å². The van der Waals surface area contributed by atoms with Crippen LogP contribution >= 0.6 is 0 Å². The highest BCUT2D eigenvalue weighted by molar-refractivity contribution is 5.79. The lowest BCUT2D eigenvalue weighted by molar-refractivity contribution is -0.139. The monoisotopic (exact) mass is 401 g/mol. The summed E-state index contributed by atoms with van der Waals surface area (Å²) in [5.41, 5.74) is 1.24. The van der Waals surface area contributed by atoms with E-state index in [0.717, 1.165) is 24.8 Å². The summed E-state index contributed by atoms with van der Waals surface area (Å²) in [6, 6.07) is 12.0. The third kappa shape index (κ3) is 5.07. The molecule has 2 aromatic carbocycles. The molecule has 0 bridgehead atoms. The molecule has 1 saturated carbocycles. The van der Waals surface area contributed by atoms with Gasteiger partial charge < -0.3 is 19.5 Å². The van der Waals surface area contributed by atoms with Crippen molar-refractivity contribution >= 4 is 5.91 Å². The Hall–Kier alpha value is -2.60. The summed E-state index contributed by atoms with van der Waals surface area (Å²) in [5, 5.41) is 10.0. The Labute approximate surface area is 171 Å². The SMILES string of the molecule is COc1cccc(CN(Cc2ccccc2F)C(=O)[C@@H]2CCC[C@@H](O)C2)c1OC. The van der Waals surface area contributed by atoms with Gasteiger partial charge in [0, 0.05) is 30.1 Å². The zero-order chi connectivity index (χ0) is 20.8. The number of benzene rings is 2. The van der Waals surface area contributed by atoms with Crippen LogP contribution in [-0.4, -0.2) is 36.2 Å². The maximum Gasteiger partial charge on any atom is 0.226 e. The van der Waals surface area contributed by atoms with E-state index in [4.69, 9.17) is 9.47 Å². The van der Waals surface area contributed by atoms with Crippen LogP contribution in [0.15, 0.2) is 42.5 Å². The molecule has 0 heterocycles. The molecule has 0 aliphatic heterocycles. The quantitative estimate of drug-likeness (QED) is 0.764. The topological polar surface area (TPSA) is 59.0 Å². The Morgan fingerprint density at radius 2 is 1.79 bits per heavy atom. The Kier molecular flexibility index (Phi) is 7.09. The maximum absolute atomic E-state index is 14.3. The van der Waals surface area contributed by atoms with Gasteiger partial charge in [-0.25, -0.2) is 4.39 Å². The molecule has 3 rings (SSSR count). The zero-order valence-corrected chi connectivity index (χ0v) is 16.9. The van der Waals surface area contributed by atoms with Gasteiger partial charge in [-0.2, -0.15) is 0 Å². The molecule has 0 aromatic heterocycles. The second kappa shape index (κ2) is 9.74. The Morgan fingerprint density at radius 1 is 1.07 bits per heavy atom. The highest BCUT2D eigenvalue weighted by Crippen LogP contribution is 2.33. The van der Waals surface area contributed by atoms with E-state index >= 15 is 0 Å². The molecule has 29 heavy (non-hydrogen) atoms. The molecular formula is C23H28FNO4. The normalized spacial score (nSPS) is 18.9. The second-order valence-electron chi connectivity index (χ2n) is 7.46. The first-order valence-electron chi connectivity index (χ1n) is 9.93. The number of carbonyl (C=O) groups is 1. The van der Waals surface area contributed by atoms with Crippen LogP contribution in [0.3, 0.4) is 0 Å². The molecule has 1 fully saturated rings. The summed E-state index contributed by atoms with van der Waals surface area (Å²) < 4.78 is 25.2. The van der Waals surface area contributed by atoms with E-state index in [1.54, 1.807) is 43.4 Å². The van der Waals surface area contributed by atoms with Crippen LogP contribution in [0.5, 0.6) is 11.5 Å². The summed E-state index contributed by atoms with van der Waals surface area (Å²) in [4.78, 5) is 15.0. The summed E-state index contributed by atoms with van der Waals surface area (Å²) in [7, 11) is 3.12.